The number of ketones is 2. The second-order valence-electron chi connectivity index (χ2n) is 5.34. The van der Waals surface area contributed by atoms with E-state index in [1.165, 1.54) is 13.8 Å². The van der Waals surface area contributed by atoms with Crippen LogP contribution in [0.4, 0.5) is 0 Å². The van der Waals surface area contributed by atoms with Gasteiger partial charge in [0.05, 0.1) is 5.41 Å². The van der Waals surface area contributed by atoms with Crippen LogP contribution in [0.2, 0.25) is 0 Å². The standard InChI is InChI=1S/C20H18O2/c1-4-20(17-11-7-5-8-12-17,18-13-9-6-10-14-18)19(15(2)21)16(3)22/h1,5-14,19H,2-3H3. The molecule has 0 saturated heterocycles. The number of benzene rings is 2. The molecule has 0 spiro atoms. The van der Waals surface area contributed by atoms with E-state index in [0.717, 1.165) is 11.1 Å². The van der Waals surface area contributed by atoms with Crippen LogP contribution < -0.4 is 0 Å². The number of Topliss-reactive ketones (excluding diaryl/α,β-unsaturated/α-hetero) is 2. The number of carbonyl (C=O) groups is 2. The first-order valence-corrected chi connectivity index (χ1v) is 7.13. The van der Waals surface area contributed by atoms with E-state index < -0.39 is 11.3 Å². The second-order valence-corrected chi connectivity index (χ2v) is 5.34. The third kappa shape index (κ3) is 2.58. The van der Waals surface area contributed by atoms with E-state index in [-0.39, 0.29) is 11.6 Å². The molecule has 0 amide bonds. The molecule has 0 aromatic heterocycles. The summed E-state index contributed by atoms with van der Waals surface area (Å²) >= 11 is 0. The van der Waals surface area contributed by atoms with Crippen molar-refractivity contribution in [3.8, 4) is 12.3 Å². The zero-order valence-electron chi connectivity index (χ0n) is 12.7. The quantitative estimate of drug-likeness (QED) is 0.625. The molecular formula is C20H18O2. The fourth-order valence-corrected chi connectivity index (χ4v) is 3.05. The number of rotatable bonds is 5. The molecule has 0 heterocycles. The molecule has 0 aliphatic rings. The Balaban J connectivity index is 2.82. The van der Waals surface area contributed by atoms with Gasteiger partial charge in [0.15, 0.2) is 0 Å². The fraction of sp³-hybridized carbons (Fsp3) is 0.200. The summed E-state index contributed by atoms with van der Waals surface area (Å²) in [6.45, 7) is 2.84. The molecule has 110 valence electrons. The lowest BCUT2D eigenvalue weighted by molar-refractivity contribution is -0.131. The summed E-state index contributed by atoms with van der Waals surface area (Å²) in [4.78, 5) is 24.4. The fourth-order valence-electron chi connectivity index (χ4n) is 3.05. The molecule has 0 unspecified atom stereocenters. The first-order chi connectivity index (χ1) is 10.5. The number of hydrogen-bond acceptors (Lipinski definition) is 2. The summed E-state index contributed by atoms with van der Waals surface area (Å²) < 4.78 is 0. The first-order valence-electron chi connectivity index (χ1n) is 7.13. The summed E-state index contributed by atoms with van der Waals surface area (Å²) in [6, 6.07) is 18.7. The predicted molar refractivity (Wildman–Crippen MR) is 87.3 cm³/mol. The molecule has 0 atom stereocenters. The van der Waals surface area contributed by atoms with Crippen molar-refractivity contribution in [2.24, 2.45) is 5.92 Å². The highest BCUT2D eigenvalue weighted by atomic mass is 16.1. The summed E-state index contributed by atoms with van der Waals surface area (Å²) in [5.74, 6) is 1.42. The van der Waals surface area contributed by atoms with Crippen LogP contribution in [0.3, 0.4) is 0 Å². The van der Waals surface area contributed by atoms with E-state index in [1.807, 2.05) is 60.7 Å². The molecule has 0 radical (unpaired) electrons. The monoisotopic (exact) mass is 290 g/mol. The van der Waals surface area contributed by atoms with Crippen LogP contribution in [0.5, 0.6) is 0 Å². The minimum absolute atomic E-state index is 0.224. The largest absolute Gasteiger partial charge is 0.299 e. The Morgan fingerprint density at radius 3 is 1.50 bits per heavy atom. The highest BCUT2D eigenvalue weighted by Gasteiger charge is 2.45. The summed E-state index contributed by atoms with van der Waals surface area (Å²) in [7, 11) is 0. The van der Waals surface area contributed by atoms with Gasteiger partial charge in [-0.15, -0.1) is 6.42 Å². The molecular weight excluding hydrogens is 272 g/mol. The molecule has 0 saturated carbocycles. The van der Waals surface area contributed by atoms with Gasteiger partial charge in [0.25, 0.3) is 0 Å². The molecule has 0 aliphatic heterocycles. The summed E-state index contributed by atoms with van der Waals surface area (Å²) in [5, 5.41) is 0. The maximum Gasteiger partial charge on any atom is 0.142 e. The van der Waals surface area contributed by atoms with Crippen LogP contribution in [0, 0.1) is 18.3 Å². The van der Waals surface area contributed by atoms with Gasteiger partial charge in [0.2, 0.25) is 0 Å². The van der Waals surface area contributed by atoms with Crippen molar-refractivity contribution in [1.82, 2.24) is 0 Å². The SMILES string of the molecule is C#CC(c1ccccc1)(c1ccccc1)C(C(C)=O)C(C)=O. The smallest absolute Gasteiger partial charge is 0.142 e. The van der Waals surface area contributed by atoms with Gasteiger partial charge in [-0.2, -0.15) is 0 Å². The Morgan fingerprint density at radius 1 is 0.864 bits per heavy atom. The van der Waals surface area contributed by atoms with Crippen LogP contribution in [0.25, 0.3) is 0 Å². The Bertz CT molecular complexity index is 655. The highest BCUT2D eigenvalue weighted by Crippen LogP contribution is 2.40. The van der Waals surface area contributed by atoms with Gasteiger partial charge >= 0.3 is 0 Å². The van der Waals surface area contributed by atoms with Crippen molar-refractivity contribution in [3.63, 3.8) is 0 Å². The minimum atomic E-state index is -1.08. The van der Waals surface area contributed by atoms with E-state index in [1.54, 1.807) is 0 Å². The zero-order chi connectivity index (χ0) is 16.2. The lowest BCUT2D eigenvalue weighted by Gasteiger charge is -2.35. The molecule has 2 aromatic carbocycles. The number of carbonyl (C=O) groups excluding carboxylic acids is 2. The maximum absolute atomic E-state index is 12.2. The molecule has 2 heteroatoms. The van der Waals surface area contributed by atoms with Crippen LogP contribution in [-0.2, 0) is 15.0 Å². The van der Waals surface area contributed by atoms with Gasteiger partial charge in [-0.05, 0) is 25.0 Å². The normalized spacial score (nSPS) is 11.0. The van der Waals surface area contributed by atoms with Crippen molar-refractivity contribution in [2.45, 2.75) is 19.3 Å². The average Bonchev–Trinajstić information content (AvgIpc) is 2.53. The predicted octanol–water partition coefficient (Wildman–Crippen LogP) is 3.40. The molecule has 0 bridgehead atoms. The molecule has 22 heavy (non-hydrogen) atoms. The maximum atomic E-state index is 12.2. The average molecular weight is 290 g/mol. The van der Waals surface area contributed by atoms with Crippen molar-refractivity contribution in [1.29, 1.82) is 0 Å². The number of hydrogen-bond donors (Lipinski definition) is 0. The molecule has 2 rings (SSSR count). The van der Waals surface area contributed by atoms with Crippen LogP contribution in [0.15, 0.2) is 60.7 Å². The van der Waals surface area contributed by atoms with Crippen molar-refractivity contribution in [2.75, 3.05) is 0 Å². The van der Waals surface area contributed by atoms with Crippen LogP contribution >= 0.6 is 0 Å². The Labute approximate surface area is 131 Å². The third-order valence-corrected chi connectivity index (χ3v) is 3.93. The first kappa shape index (κ1) is 15.7. The van der Waals surface area contributed by atoms with Crippen molar-refractivity contribution >= 4 is 11.6 Å². The van der Waals surface area contributed by atoms with Gasteiger partial charge in [0, 0.05) is 0 Å². The van der Waals surface area contributed by atoms with Gasteiger partial charge in [-0.25, -0.2) is 0 Å². The molecule has 2 nitrogen and oxygen atoms in total. The van der Waals surface area contributed by atoms with Crippen LogP contribution in [-0.4, -0.2) is 11.6 Å². The summed E-state index contributed by atoms with van der Waals surface area (Å²) in [6.07, 6.45) is 5.89. The second kappa shape index (κ2) is 6.41. The van der Waals surface area contributed by atoms with Gasteiger partial charge in [-0.3, -0.25) is 9.59 Å². The van der Waals surface area contributed by atoms with E-state index in [9.17, 15) is 9.59 Å². The summed E-state index contributed by atoms with van der Waals surface area (Å²) in [5.41, 5.74) is 0.471. The lowest BCUT2D eigenvalue weighted by atomic mass is 9.64. The molecule has 0 N–H and O–H groups in total. The van der Waals surface area contributed by atoms with E-state index >= 15 is 0 Å². The third-order valence-electron chi connectivity index (χ3n) is 3.93. The number of terminal acetylenes is 1. The van der Waals surface area contributed by atoms with E-state index in [2.05, 4.69) is 5.92 Å². The van der Waals surface area contributed by atoms with Crippen molar-refractivity contribution < 1.29 is 9.59 Å². The van der Waals surface area contributed by atoms with Gasteiger partial charge in [-0.1, -0.05) is 66.6 Å². The molecule has 0 aliphatic carbocycles. The van der Waals surface area contributed by atoms with Crippen LogP contribution in [0.1, 0.15) is 25.0 Å². The van der Waals surface area contributed by atoms with Crippen molar-refractivity contribution in [3.05, 3.63) is 71.8 Å². The Hall–Kier alpha value is -2.66. The van der Waals surface area contributed by atoms with E-state index in [0.29, 0.717) is 0 Å². The van der Waals surface area contributed by atoms with Gasteiger partial charge in [0.1, 0.15) is 17.5 Å². The minimum Gasteiger partial charge on any atom is -0.299 e. The Morgan fingerprint density at radius 2 is 1.23 bits per heavy atom. The van der Waals surface area contributed by atoms with Gasteiger partial charge < -0.3 is 0 Å². The van der Waals surface area contributed by atoms with E-state index in [4.69, 9.17) is 6.42 Å². The lowest BCUT2D eigenvalue weighted by Crippen LogP contribution is -2.43. The highest BCUT2D eigenvalue weighted by molar-refractivity contribution is 6.03. The molecule has 2 aromatic rings. The zero-order valence-corrected chi connectivity index (χ0v) is 12.7. The Kier molecular flexibility index (Phi) is 4.58. The topological polar surface area (TPSA) is 34.1 Å². The molecule has 0 fully saturated rings.